The van der Waals surface area contributed by atoms with Crippen LogP contribution in [0.25, 0.3) is 0 Å². The predicted molar refractivity (Wildman–Crippen MR) is 107 cm³/mol. The van der Waals surface area contributed by atoms with E-state index < -0.39 is 0 Å². The molecule has 28 heavy (non-hydrogen) atoms. The number of nitrogens with zero attached hydrogens (tertiary/aromatic N) is 6. The third-order valence-corrected chi connectivity index (χ3v) is 5.80. The third kappa shape index (κ3) is 3.77. The highest BCUT2D eigenvalue weighted by Gasteiger charge is 2.27. The Bertz CT molecular complexity index is 959. The summed E-state index contributed by atoms with van der Waals surface area (Å²) in [6.07, 6.45) is 9.48. The van der Waals surface area contributed by atoms with Crippen LogP contribution in [-0.2, 0) is 9.59 Å². The van der Waals surface area contributed by atoms with Gasteiger partial charge < -0.3 is 9.80 Å². The summed E-state index contributed by atoms with van der Waals surface area (Å²) in [5.74, 6) is -0.144. The summed E-state index contributed by atoms with van der Waals surface area (Å²) in [4.78, 5) is 41.9. The molecule has 1 fully saturated rings. The van der Waals surface area contributed by atoms with Crippen molar-refractivity contribution in [1.29, 1.82) is 5.26 Å². The number of hydrogen-bond acceptors (Lipinski definition) is 7. The Kier molecular flexibility index (Phi) is 5.12. The number of anilines is 1. The molecule has 2 amide bonds. The van der Waals surface area contributed by atoms with Crippen LogP contribution in [0.4, 0.5) is 5.13 Å². The zero-order valence-electron chi connectivity index (χ0n) is 15.1. The van der Waals surface area contributed by atoms with Crippen LogP contribution in [0.1, 0.15) is 17.7 Å². The summed E-state index contributed by atoms with van der Waals surface area (Å²) < 4.78 is 0. The number of carbonyl (C=O) groups is 2. The van der Waals surface area contributed by atoms with Crippen molar-refractivity contribution in [3.8, 4) is 6.07 Å². The summed E-state index contributed by atoms with van der Waals surface area (Å²) in [6, 6.07) is 2.09. The molecule has 1 aliphatic carbocycles. The van der Waals surface area contributed by atoms with E-state index in [1.54, 1.807) is 12.3 Å². The standard InChI is InChI=1S/C19H18N6O2S/c20-11-13-12-21-19(28-13)25-9-7-24(8-10-25)17(26)6-5-16-22-15-4-2-1-3-14(15)18(27)23-16/h1-4,12,14H,5-10H2. The second-order valence-electron chi connectivity index (χ2n) is 6.61. The number of piperazine rings is 1. The first-order chi connectivity index (χ1) is 13.6. The molecular weight excluding hydrogens is 376 g/mol. The van der Waals surface area contributed by atoms with Crippen molar-refractivity contribution in [1.82, 2.24) is 9.88 Å². The van der Waals surface area contributed by atoms with Crippen molar-refractivity contribution in [2.75, 3.05) is 31.1 Å². The Morgan fingerprint density at radius 2 is 2.07 bits per heavy atom. The maximum atomic E-state index is 12.5. The molecule has 0 spiro atoms. The number of aliphatic imine (C=N–C) groups is 2. The molecule has 3 heterocycles. The number of aromatic nitrogens is 1. The van der Waals surface area contributed by atoms with Gasteiger partial charge >= 0.3 is 0 Å². The summed E-state index contributed by atoms with van der Waals surface area (Å²) in [7, 11) is 0. The lowest BCUT2D eigenvalue weighted by Gasteiger charge is -2.34. The van der Waals surface area contributed by atoms with Gasteiger partial charge in [-0.25, -0.2) is 9.98 Å². The molecule has 1 saturated heterocycles. The van der Waals surface area contributed by atoms with E-state index in [0.29, 0.717) is 49.0 Å². The van der Waals surface area contributed by atoms with Crippen molar-refractivity contribution >= 4 is 39.8 Å². The zero-order valence-corrected chi connectivity index (χ0v) is 15.9. The number of hydrogen-bond donors (Lipinski definition) is 0. The minimum Gasteiger partial charge on any atom is -0.345 e. The Hall–Kier alpha value is -3.12. The van der Waals surface area contributed by atoms with Gasteiger partial charge in [0.25, 0.3) is 5.91 Å². The molecular formula is C19H18N6O2S. The smallest absolute Gasteiger partial charge is 0.260 e. The number of allylic oxidation sites excluding steroid dienone is 3. The van der Waals surface area contributed by atoms with Gasteiger partial charge in [-0.2, -0.15) is 10.3 Å². The fourth-order valence-electron chi connectivity index (χ4n) is 3.32. The number of rotatable bonds is 4. The molecule has 9 heteroatoms. The maximum absolute atomic E-state index is 12.5. The number of nitriles is 1. The number of fused-ring (bicyclic) bond motifs is 1. The van der Waals surface area contributed by atoms with Crippen molar-refractivity contribution in [2.45, 2.75) is 12.8 Å². The minimum atomic E-state index is -0.384. The largest absolute Gasteiger partial charge is 0.345 e. The molecule has 1 unspecified atom stereocenters. The molecule has 142 valence electrons. The SMILES string of the molecule is N#Cc1cnc(N2CCN(C(=O)CCC3=NC(=O)C4C=CC=CC4=N3)CC2)s1. The highest BCUT2D eigenvalue weighted by atomic mass is 32.1. The molecule has 0 N–H and O–H groups in total. The molecule has 0 bridgehead atoms. The normalized spacial score (nSPS) is 21.1. The van der Waals surface area contributed by atoms with Gasteiger partial charge in [0, 0.05) is 39.0 Å². The van der Waals surface area contributed by atoms with E-state index in [0.717, 1.165) is 5.13 Å². The van der Waals surface area contributed by atoms with Crippen LogP contribution in [-0.4, -0.2) is 59.4 Å². The van der Waals surface area contributed by atoms with Crippen LogP contribution >= 0.6 is 11.3 Å². The van der Waals surface area contributed by atoms with Crippen molar-refractivity contribution in [2.24, 2.45) is 15.9 Å². The average Bonchev–Trinajstić information content (AvgIpc) is 3.21. The average molecular weight is 394 g/mol. The summed E-state index contributed by atoms with van der Waals surface area (Å²) >= 11 is 1.36. The first-order valence-corrected chi connectivity index (χ1v) is 9.89. The van der Waals surface area contributed by atoms with E-state index in [2.05, 4.69) is 25.9 Å². The lowest BCUT2D eigenvalue weighted by Crippen LogP contribution is -2.48. The zero-order chi connectivity index (χ0) is 19.5. The lowest BCUT2D eigenvalue weighted by atomic mass is 9.96. The Morgan fingerprint density at radius 3 is 2.82 bits per heavy atom. The lowest BCUT2D eigenvalue weighted by molar-refractivity contribution is -0.131. The Morgan fingerprint density at radius 1 is 1.25 bits per heavy atom. The molecule has 8 nitrogen and oxygen atoms in total. The number of amidine groups is 1. The number of carbonyl (C=O) groups excluding carboxylic acids is 2. The van der Waals surface area contributed by atoms with Crippen LogP contribution in [0.3, 0.4) is 0 Å². The van der Waals surface area contributed by atoms with Gasteiger partial charge in [0.15, 0.2) is 5.13 Å². The summed E-state index contributed by atoms with van der Waals surface area (Å²) in [5, 5.41) is 9.73. The molecule has 2 aliphatic heterocycles. The molecule has 0 radical (unpaired) electrons. The van der Waals surface area contributed by atoms with Crippen LogP contribution in [0.5, 0.6) is 0 Å². The molecule has 1 aromatic heterocycles. The first kappa shape index (κ1) is 18.3. The van der Waals surface area contributed by atoms with Crippen molar-refractivity contribution < 1.29 is 9.59 Å². The molecule has 0 saturated carbocycles. The Labute approximate surface area is 166 Å². The molecule has 1 atom stereocenters. The molecule has 1 aromatic rings. The topological polar surface area (TPSA) is 102 Å². The monoisotopic (exact) mass is 394 g/mol. The number of amides is 2. The van der Waals surface area contributed by atoms with Gasteiger partial charge in [-0.05, 0) is 6.08 Å². The van der Waals surface area contributed by atoms with E-state index in [1.165, 1.54) is 11.3 Å². The predicted octanol–water partition coefficient (Wildman–Crippen LogP) is 1.57. The van der Waals surface area contributed by atoms with Gasteiger partial charge in [-0.3, -0.25) is 9.59 Å². The van der Waals surface area contributed by atoms with Gasteiger partial charge in [-0.1, -0.05) is 29.6 Å². The summed E-state index contributed by atoms with van der Waals surface area (Å²) in [6.45, 7) is 2.58. The van der Waals surface area contributed by atoms with Gasteiger partial charge in [-0.15, -0.1) is 0 Å². The maximum Gasteiger partial charge on any atom is 0.260 e. The second kappa shape index (κ2) is 7.86. The fourth-order valence-corrected chi connectivity index (χ4v) is 4.08. The van der Waals surface area contributed by atoms with Crippen LogP contribution in [0.15, 0.2) is 40.5 Å². The Balaban J connectivity index is 1.29. The van der Waals surface area contributed by atoms with Crippen LogP contribution in [0.2, 0.25) is 0 Å². The van der Waals surface area contributed by atoms with Gasteiger partial charge in [0.2, 0.25) is 5.91 Å². The van der Waals surface area contributed by atoms with E-state index in [4.69, 9.17) is 5.26 Å². The van der Waals surface area contributed by atoms with Gasteiger partial charge in [0.1, 0.15) is 22.7 Å². The van der Waals surface area contributed by atoms with Crippen LogP contribution < -0.4 is 4.90 Å². The molecule has 3 aliphatic rings. The molecule has 4 rings (SSSR count). The second-order valence-corrected chi connectivity index (χ2v) is 7.62. The third-order valence-electron chi connectivity index (χ3n) is 4.83. The fraction of sp³-hybridized carbons (Fsp3) is 0.368. The minimum absolute atomic E-state index is 0.0352. The highest BCUT2D eigenvalue weighted by molar-refractivity contribution is 7.16. The number of thiazole rings is 1. The van der Waals surface area contributed by atoms with Crippen LogP contribution in [0, 0.1) is 17.2 Å². The van der Waals surface area contributed by atoms with E-state index in [9.17, 15) is 9.59 Å². The van der Waals surface area contributed by atoms with E-state index in [-0.39, 0.29) is 24.2 Å². The quantitative estimate of drug-likeness (QED) is 0.771. The van der Waals surface area contributed by atoms with Gasteiger partial charge in [0.05, 0.1) is 11.9 Å². The molecule has 0 aromatic carbocycles. The van der Waals surface area contributed by atoms with Crippen molar-refractivity contribution in [3.05, 3.63) is 35.4 Å². The van der Waals surface area contributed by atoms with Crippen molar-refractivity contribution in [3.63, 3.8) is 0 Å². The summed E-state index contributed by atoms with van der Waals surface area (Å²) in [5.41, 5.74) is 0.693. The van der Waals surface area contributed by atoms with E-state index >= 15 is 0 Å². The highest BCUT2D eigenvalue weighted by Crippen LogP contribution is 2.23. The first-order valence-electron chi connectivity index (χ1n) is 9.07. The van der Waals surface area contributed by atoms with E-state index in [1.807, 2.05) is 23.1 Å².